The highest BCUT2D eigenvalue weighted by Gasteiger charge is 2.12. The Kier molecular flexibility index (Phi) is 2.75. The molecule has 0 unspecified atom stereocenters. The molecular formula is C15H11N7. The number of nitrogens with two attached hydrogens (primary N) is 1. The standard InChI is InChI=1S/C15H11N7/c16-15-18-9-6-13(19-15)22-12-3-1-2-11(14(12)20-21-22)10-4-7-17-8-5-10/h1-9H,(H2,16,18,19). The molecule has 7 heteroatoms. The Hall–Kier alpha value is -3.35. The Morgan fingerprint density at radius 2 is 1.82 bits per heavy atom. The minimum atomic E-state index is 0.200. The molecule has 3 aromatic heterocycles. The van der Waals surface area contributed by atoms with E-state index in [2.05, 4.69) is 25.3 Å². The van der Waals surface area contributed by atoms with Crippen molar-refractivity contribution in [2.24, 2.45) is 0 Å². The van der Waals surface area contributed by atoms with Crippen molar-refractivity contribution in [1.29, 1.82) is 0 Å². The molecule has 4 rings (SSSR count). The van der Waals surface area contributed by atoms with Crippen LogP contribution in [0.15, 0.2) is 55.0 Å². The molecule has 22 heavy (non-hydrogen) atoms. The molecule has 3 heterocycles. The summed E-state index contributed by atoms with van der Waals surface area (Å²) in [7, 11) is 0. The fourth-order valence-corrected chi connectivity index (χ4v) is 2.36. The molecule has 0 aliphatic heterocycles. The second-order valence-corrected chi connectivity index (χ2v) is 4.68. The van der Waals surface area contributed by atoms with Gasteiger partial charge in [-0.05, 0) is 23.8 Å². The van der Waals surface area contributed by atoms with Crippen LogP contribution in [-0.2, 0) is 0 Å². The third kappa shape index (κ3) is 1.96. The van der Waals surface area contributed by atoms with Gasteiger partial charge in [0.25, 0.3) is 0 Å². The summed E-state index contributed by atoms with van der Waals surface area (Å²) in [6, 6.07) is 11.5. The number of fused-ring (bicyclic) bond motifs is 1. The highest BCUT2D eigenvalue weighted by Crippen LogP contribution is 2.27. The summed E-state index contributed by atoms with van der Waals surface area (Å²) in [4.78, 5) is 12.1. The summed E-state index contributed by atoms with van der Waals surface area (Å²) >= 11 is 0. The smallest absolute Gasteiger partial charge is 0.222 e. The van der Waals surface area contributed by atoms with Crippen LogP contribution in [0.25, 0.3) is 28.0 Å². The fraction of sp³-hybridized carbons (Fsp3) is 0. The molecule has 4 aromatic rings. The van der Waals surface area contributed by atoms with Crippen LogP contribution < -0.4 is 5.73 Å². The Balaban J connectivity index is 1.94. The molecule has 0 amide bonds. The summed E-state index contributed by atoms with van der Waals surface area (Å²) in [5.74, 6) is 0.785. The maximum Gasteiger partial charge on any atom is 0.222 e. The first-order valence-electron chi connectivity index (χ1n) is 6.66. The van der Waals surface area contributed by atoms with Crippen LogP contribution >= 0.6 is 0 Å². The van der Waals surface area contributed by atoms with E-state index in [0.29, 0.717) is 5.82 Å². The maximum absolute atomic E-state index is 5.64. The highest BCUT2D eigenvalue weighted by atomic mass is 15.4. The molecule has 0 aliphatic rings. The molecule has 0 radical (unpaired) electrons. The first-order valence-corrected chi connectivity index (χ1v) is 6.66. The van der Waals surface area contributed by atoms with Gasteiger partial charge in [-0.15, -0.1) is 5.10 Å². The van der Waals surface area contributed by atoms with Gasteiger partial charge in [0.1, 0.15) is 5.52 Å². The van der Waals surface area contributed by atoms with Gasteiger partial charge in [0.15, 0.2) is 5.82 Å². The van der Waals surface area contributed by atoms with Crippen molar-refractivity contribution >= 4 is 17.0 Å². The lowest BCUT2D eigenvalue weighted by molar-refractivity contribution is 0.799. The number of aromatic nitrogens is 6. The van der Waals surface area contributed by atoms with E-state index in [1.807, 2.05) is 30.3 Å². The van der Waals surface area contributed by atoms with Gasteiger partial charge in [-0.25, -0.2) is 4.98 Å². The molecular weight excluding hydrogens is 278 g/mol. The molecule has 1 aromatic carbocycles. The van der Waals surface area contributed by atoms with Crippen molar-refractivity contribution in [3.63, 3.8) is 0 Å². The number of hydrogen-bond donors (Lipinski definition) is 1. The zero-order valence-electron chi connectivity index (χ0n) is 11.5. The number of nitrogens with zero attached hydrogens (tertiary/aromatic N) is 6. The lowest BCUT2D eigenvalue weighted by atomic mass is 10.1. The summed E-state index contributed by atoms with van der Waals surface area (Å²) in [5, 5.41) is 8.49. The fourth-order valence-electron chi connectivity index (χ4n) is 2.36. The Morgan fingerprint density at radius 1 is 0.955 bits per heavy atom. The van der Waals surface area contributed by atoms with E-state index in [0.717, 1.165) is 22.2 Å². The van der Waals surface area contributed by atoms with Crippen LogP contribution in [0, 0.1) is 0 Å². The lowest BCUT2D eigenvalue weighted by Gasteiger charge is -2.03. The van der Waals surface area contributed by atoms with Gasteiger partial charge in [0, 0.05) is 30.2 Å². The molecule has 0 spiro atoms. The molecule has 0 saturated heterocycles. The van der Waals surface area contributed by atoms with Gasteiger partial charge < -0.3 is 5.73 Å². The van der Waals surface area contributed by atoms with Crippen LogP contribution in [0.4, 0.5) is 5.95 Å². The number of benzene rings is 1. The zero-order chi connectivity index (χ0) is 14.9. The predicted octanol–water partition coefficient (Wildman–Crippen LogP) is 1.85. The SMILES string of the molecule is Nc1nccc(-n2nnc3c(-c4ccncc4)cccc32)n1. The van der Waals surface area contributed by atoms with Crippen molar-refractivity contribution < 1.29 is 0 Å². The quantitative estimate of drug-likeness (QED) is 0.605. The topological polar surface area (TPSA) is 95.4 Å². The second-order valence-electron chi connectivity index (χ2n) is 4.68. The normalized spacial score (nSPS) is 10.9. The van der Waals surface area contributed by atoms with Crippen molar-refractivity contribution in [3.05, 3.63) is 55.0 Å². The van der Waals surface area contributed by atoms with E-state index < -0.39 is 0 Å². The Labute approximate surface area is 125 Å². The molecule has 0 fully saturated rings. The first kappa shape index (κ1) is 12.4. The minimum absolute atomic E-state index is 0.200. The van der Waals surface area contributed by atoms with Crippen LogP contribution in [0.5, 0.6) is 0 Å². The third-order valence-electron chi connectivity index (χ3n) is 3.34. The summed E-state index contributed by atoms with van der Waals surface area (Å²) in [5.41, 5.74) is 9.32. The average Bonchev–Trinajstić information content (AvgIpc) is 3.00. The molecule has 0 saturated carbocycles. The third-order valence-corrected chi connectivity index (χ3v) is 3.34. The molecule has 106 valence electrons. The Morgan fingerprint density at radius 3 is 2.64 bits per heavy atom. The van der Waals surface area contributed by atoms with E-state index in [1.54, 1.807) is 29.3 Å². The maximum atomic E-state index is 5.64. The van der Waals surface area contributed by atoms with E-state index in [4.69, 9.17) is 5.73 Å². The number of nitrogen functional groups attached to an aromatic ring is 1. The van der Waals surface area contributed by atoms with Crippen molar-refractivity contribution in [1.82, 2.24) is 29.9 Å². The van der Waals surface area contributed by atoms with Gasteiger partial charge in [0.2, 0.25) is 5.95 Å². The first-order chi connectivity index (χ1) is 10.8. The number of hydrogen-bond acceptors (Lipinski definition) is 6. The lowest BCUT2D eigenvalue weighted by Crippen LogP contribution is -2.03. The molecule has 0 bridgehead atoms. The minimum Gasteiger partial charge on any atom is -0.368 e. The molecule has 2 N–H and O–H groups in total. The van der Waals surface area contributed by atoms with Crippen LogP contribution in [0.3, 0.4) is 0 Å². The van der Waals surface area contributed by atoms with Gasteiger partial charge in [-0.1, -0.05) is 17.3 Å². The zero-order valence-corrected chi connectivity index (χ0v) is 11.5. The van der Waals surface area contributed by atoms with E-state index in [-0.39, 0.29) is 5.95 Å². The van der Waals surface area contributed by atoms with Gasteiger partial charge in [-0.3, -0.25) is 4.98 Å². The summed E-state index contributed by atoms with van der Waals surface area (Å²) < 4.78 is 1.65. The van der Waals surface area contributed by atoms with Crippen LogP contribution in [0.1, 0.15) is 0 Å². The molecule has 0 atom stereocenters. The predicted molar refractivity (Wildman–Crippen MR) is 82.1 cm³/mol. The summed E-state index contributed by atoms with van der Waals surface area (Å²) in [6.07, 6.45) is 5.10. The molecule has 0 aliphatic carbocycles. The average molecular weight is 289 g/mol. The van der Waals surface area contributed by atoms with E-state index in [9.17, 15) is 0 Å². The summed E-state index contributed by atoms with van der Waals surface area (Å²) in [6.45, 7) is 0. The molecule has 7 nitrogen and oxygen atoms in total. The van der Waals surface area contributed by atoms with E-state index in [1.165, 1.54) is 0 Å². The number of pyridine rings is 1. The largest absolute Gasteiger partial charge is 0.368 e. The second kappa shape index (κ2) is 4.88. The van der Waals surface area contributed by atoms with Crippen molar-refractivity contribution in [3.8, 4) is 16.9 Å². The van der Waals surface area contributed by atoms with Gasteiger partial charge in [0.05, 0.1) is 5.52 Å². The van der Waals surface area contributed by atoms with Crippen LogP contribution in [0.2, 0.25) is 0 Å². The number of rotatable bonds is 2. The van der Waals surface area contributed by atoms with Crippen LogP contribution in [-0.4, -0.2) is 29.9 Å². The number of anilines is 1. The van der Waals surface area contributed by atoms with Crippen molar-refractivity contribution in [2.45, 2.75) is 0 Å². The monoisotopic (exact) mass is 289 g/mol. The highest BCUT2D eigenvalue weighted by molar-refractivity contribution is 5.92. The Bertz CT molecular complexity index is 946. The van der Waals surface area contributed by atoms with Crippen molar-refractivity contribution in [2.75, 3.05) is 5.73 Å². The van der Waals surface area contributed by atoms with E-state index >= 15 is 0 Å². The van der Waals surface area contributed by atoms with Gasteiger partial charge >= 0.3 is 0 Å². The van der Waals surface area contributed by atoms with Gasteiger partial charge in [-0.2, -0.15) is 9.67 Å².